The van der Waals surface area contributed by atoms with Crippen molar-refractivity contribution < 1.29 is 9.72 Å². The second-order valence-corrected chi connectivity index (χ2v) is 9.67. The molecule has 30 heavy (non-hydrogen) atoms. The van der Waals surface area contributed by atoms with Gasteiger partial charge in [-0.05, 0) is 37.3 Å². The quantitative estimate of drug-likeness (QED) is 0.288. The number of nitrogens with one attached hydrogen (secondary N) is 1. The molecule has 1 aromatic carbocycles. The number of aromatic nitrogens is 3. The minimum atomic E-state index is -0.530. The van der Waals surface area contributed by atoms with E-state index >= 15 is 0 Å². The van der Waals surface area contributed by atoms with Crippen molar-refractivity contribution in [1.29, 1.82) is 0 Å². The standard InChI is InChI=1S/C19H18ClN5O3S2/c1-11(18(26)21-16-9-13(25(27)28)6-7-15(16)20)30-19-23-22-17(24(19)12-4-5-12)10-14-3-2-8-29-14/h2-3,6-9,11-12H,4-5,10H2,1H3,(H,21,26). The second kappa shape index (κ2) is 8.75. The van der Waals surface area contributed by atoms with Crippen molar-refractivity contribution in [2.75, 3.05) is 5.32 Å². The number of halogens is 1. The summed E-state index contributed by atoms with van der Waals surface area (Å²) in [5.74, 6) is 0.587. The van der Waals surface area contributed by atoms with E-state index in [9.17, 15) is 14.9 Å². The lowest BCUT2D eigenvalue weighted by molar-refractivity contribution is -0.384. The van der Waals surface area contributed by atoms with E-state index in [1.807, 2.05) is 11.4 Å². The van der Waals surface area contributed by atoms with Crippen LogP contribution in [0.25, 0.3) is 0 Å². The van der Waals surface area contributed by atoms with E-state index in [4.69, 9.17) is 11.6 Å². The molecule has 0 spiro atoms. The summed E-state index contributed by atoms with van der Waals surface area (Å²) in [6.07, 6.45) is 2.87. The predicted molar refractivity (Wildman–Crippen MR) is 117 cm³/mol. The molecule has 1 aliphatic rings. The van der Waals surface area contributed by atoms with Crippen molar-refractivity contribution in [3.8, 4) is 0 Å². The number of benzene rings is 1. The minimum absolute atomic E-state index is 0.137. The van der Waals surface area contributed by atoms with Crippen LogP contribution in [0.1, 0.15) is 36.5 Å². The number of thiophene rings is 1. The highest BCUT2D eigenvalue weighted by molar-refractivity contribution is 8.00. The van der Waals surface area contributed by atoms with Crippen LogP contribution in [-0.2, 0) is 11.2 Å². The lowest BCUT2D eigenvalue weighted by atomic mass is 10.2. The third-order valence-corrected chi connectivity index (χ3v) is 6.89. The normalized spacial score (nSPS) is 14.5. The van der Waals surface area contributed by atoms with E-state index in [2.05, 4.69) is 26.1 Å². The van der Waals surface area contributed by atoms with Crippen LogP contribution in [0.3, 0.4) is 0 Å². The van der Waals surface area contributed by atoms with E-state index in [0.717, 1.165) is 18.7 Å². The van der Waals surface area contributed by atoms with Gasteiger partial charge in [-0.15, -0.1) is 21.5 Å². The maximum atomic E-state index is 12.7. The third-order valence-electron chi connectivity index (χ3n) is 4.63. The zero-order valence-corrected chi connectivity index (χ0v) is 18.3. The summed E-state index contributed by atoms with van der Waals surface area (Å²) in [5, 5.41) is 24.8. The Hall–Kier alpha value is -2.43. The first-order valence-corrected chi connectivity index (χ1v) is 11.4. The number of carbonyl (C=O) groups is 1. The molecule has 1 fully saturated rings. The molecule has 156 valence electrons. The van der Waals surface area contributed by atoms with Crippen LogP contribution >= 0.6 is 34.7 Å². The fraction of sp³-hybridized carbons (Fsp3) is 0.316. The van der Waals surface area contributed by atoms with E-state index < -0.39 is 10.2 Å². The first-order chi connectivity index (χ1) is 14.4. The number of rotatable bonds is 8. The molecule has 0 saturated heterocycles. The SMILES string of the molecule is CC(Sc1nnc(Cc2cccs2)n1C1CC1)C(=O)Nc1cc([N+](=O)[O-])ccc1Cl. The minimum Gasteiger partial charge on any atom is -0.324 e. The van der Waals surface area contributed by atoms with Gasteiger partial charge in [0.15, 0.2) is 5.16 Å². The van der Waals surface area contributed by atoms with Crippen molar-refractivity contribution in [2.45, 2.75) is 42.6 Å². The Labute approximate surface area is 185 Å². The summed E-state index contributed by atoms with van der Waals surface area (Å²) in [5.41, 5.74) is 0.0760. The number of hydrogen-bond acceptors (Lipinski definition) is 7. The van der Waals surface area contributed by atoms with Crippen molar-refractivity contribution in [3.05, 3.63) is 61.6 Å². The van der Waals surface area contributed by atoms with Gasteiger partial charge in [0.2, 0.25) is 5.91 Å². The monoisotopic (exact) mass is 463 g/mol. The van der Waals surface area contributed by atoms with Gasteiger partial charge in [0.25, 0.3) is 5.69 Å². The smallest absolute Gasteiger partial charge is 0.271 e. The molecule has 3 aromatic rings. The average Bonchev–Trinajstić information content (AvgIpc) is 3.27. The summed E-state index contributed by atoms with van der Waals surface area (Å²) < 4.78 is 2.13. The molecular formula is C19H18ClN5O3S2. The van der Waals surface area contributed by atoms with Gasteiger partial charge in [0, 0.05) is 29.5 Å². The van der Waals surface area contributed by atoms with Crippen LogP contribution in [0, 0.1) is 10.1 Å². The average molecular weight is 464 g/mol. The number of nitro groups is 1. The maximum absolute atomic E-state index is 12.7. The second-order valence-electron chi connectivity index (χ2n) is 6.93. The van der Waals surface area contributed by atoms with Crippen molar-refractivity contribution in [3.63, 3.8) is 0 Å². The Balaban J connectivity index is 1.48. The van der Waals surface area contributed by atoms with Crippen molar-refractivity contribution in [2.24, 2.45) is 0 Å². The molecule has 1 atom stereocenters. The molecule has 1 unspecified atom stereocenters. The lowest BCUT2D eigenvalue weighted by Crippen LogP contribution is -2.23. The molecule has 11 heteroatoms. The van der Waals surface area contributed by atoms with Gasteiger partial charge >= 0.3 is 0 Å². The number of thioether (sulfide) groups is 1. The fourth-order valence-corrected chi connectivity index (χ4v) is 4.75. The number of carbonyl (C=O) groups excluding carboxylic acids is 1. The van der Waals surface area contributed by atoms with Gasteiger partial charge in [0.05, 0.1) is 20.9 Å². The molecule has 1 aliphatic carbocycles. The van der Waals surface area contributed by atoms with Gasteiger partial charge in [-0.3, -0.25) is 14.9 Å². The maximum Gasteiger partial charge on any atom is 0.271 e. The predicted octanol–water partition coefficient (Wildman–Crippen LogP) is 4.95. The van der Waals surface area contributed by atoms with E-state index in [1.54, 1.807) is 18.3 Å². The van der Waals surface area contributed by atoms with E-state index in [0.29, 0.717) is 17.6 Å². The van der Waals surface area contributed by atoms with Crippen LogP contribution in [0.2, 0.25) is 5.02 Å². The molecule has 2 aromatic heterocycles. The van der Waals surface area contributed by atoms with E-state index in [-0.39, 0.29) is 22.3 Å². The number of amides is 1. The molecule has 8 nitrogen and oxygen atoms in total. The zero-order chi connectivity index (χ0) is 21.3. The van der Waals surface area contributed by atoms with Crippen molar-refractivity contribution >= 4 is 52.0 Å². The van der Waals surface area contributed by atoms with E-state index in [1.165, 1.54) is 34.8 Å². The fourth-order valence-electron chi connectivity index (χ4n) is 2.95. The zero-order valence-electron chi connectivity index (χ0n) is 15.9. The summed E-state index contributed by atoms with van der Waals surface area (Å²) in [7, 11) is 0. The Kier molecular flexibility index (Phi) is 6.07. The number of nitro benzene ring substituents is 1. The summed E-state index contributed by atoms with van der Waals surface area (Å²) >= 11 is 9.09. The molecule has 1 amide bonds. The molecule has 4 rings (SSSR count). The van der Waals surface area contributed by atoms with Crippen LogP contribution in [0.4, 0.5) is 11.4 Å². The number of nitrogens with zero attached hydrogens (tertiary/aromatic N) is 4. The summed E-state index contributed by atoms with van der Waals surface area (Å²) in [4.78, 5) is 24.4. The highest BCUT2D eigenvalue weighted by Gasteiger charge is 2.31. The van der Waals surface area contributed by atoms with Gasteiger partial charge in [0.1, 0.15) is 5.82 Å². The number of non-ortho nitro benzene ring substituents is 1. The van der Waals surface area contributed by atoms with Crippen molar-refractivity contribution in [1.82, 2.24) is 14.8 Å². The molecule has 1 N–H and O–H groups in total. The molecule has 2 heterocycles. The van der Waals surface area contributed by atoms with Gasteiger partial charge in [-0.1, -0.05) is 29.4 Å². The third kappa shape index (κ3) is 4.66. The molecule has 0 bridgehead atoms. The van der Waals surface area contributed by atoms with Crippen LogP contribution in [0.5, 0.6) is 0 Å². The van der Waals surface area contributed by atoms with Gasteiger partial charge < -0.3 is 9.88 Å². The van der Waals surface area contributed by atoms with Crippen LogP contribution < -0.4 is 5.32 Å². The first-order valence-electron chi connectivity index (χ1n) is 9.30. The molecular weight excluding hydrogens is 446 g/mol. The highest BCUT2D eigenvalue weighted by atomic mass is 35.5. The topological polar surface area (TPSA) is 103 Å². The van der Waals surface area contributed by atoms with Crippen LogP contribution in [0.15, 0.2) is 40.9 Å². The van der Waals surface area contributed by atoms with Gasteiger partial charge in [-0.25, -0.2) is 0 Å². The molecule has 0 radical (unpaired) electrons. The first kappa shape index (κ1) is 20.8. The van der Waals surface area contributed by atoms with Gasteiger partial charge in [-0.2, -0.15) is 0 Å². The largest absolute Gasteiger partial charge is 0.324 e. The lowest BCUT2D eigenvalue weighted by Gasteiger charge is -2.14. The summed E-state index contributed by atoms with van der Waals surface area (Å²) in [6.45, 7) is 1.76. The number of hydrogen-bond donors (Lipinski definition) is 1. The Bertz CT molecular complexity index is 1080. The van der Waals surface area contributed by atoms with Crippen LogP contribution in [-0.4, -0.2) is 30.8 Å². The molecule has 0 aliphatic heterocycles. The molecule has 1 saturated carbocycles. The Morgan fingerprint density at radius 1 is 1.43 bits per heavy atom. The summed E-state index contributed by atoms with van der Waals surface area (Å²) in [6, 6.07) is 8.40. The Morgan fingerprint density at radius 2 is 2.23 bits per heavy atom. The number of anilines is 1. The Morgan fingerprint density at radius 3 is 2.90 bits per heavy atom. The highest BCUT2D eigenvalue weighted by Crippen LogP contribution is 2.40.